The van der Waals surface area contributed by atoms with Crippen molar-refractivity contribution in [1.29, 1.82) is 0 Å². The fraction of sp³-hybridized carbons (Fsp3) is 0.667. The van der Waals surface area contributed by atoms with Gasteiger partial charge in [0.2, 0.25) is 0 Å². The molecule has 0 radical (unpaired) electrons. The third kappa shape index (κ3) is 3.87. The molecule has 3 N–H and O–H groups in total. The topological polar surface area (TPSA) is 66.6 Å². The van der Waals surface area contributed by atoms with E-state index in [-0.39, 0.29) is 12.4 Å². The summed E-state index contributed by atoms with van der Waals surface area (Å²) in [5.74, 6) is -0.535. The molecule has 0 saturated carbocycles. The number of aliphatic carboxylic acids is 1. The van der Waals surface area contributed by atoms with Crippen LogP contribution in [0.15, 0.2) is 11.4 Å². The largest absolute Gasteiger partial charge is 0.478 e. The van der Waals surface area contributed by atoms with Crippen LogP contribution in [0.5, 0.6) is 0 Å². The lowest BCUT2D eigenvalue weighted by Crippen LogP contribution is -2.30. The Hall–Kier alpha value is -0.900. The van der Waals surface area contributed by atoms with Crippen LogP contribution in [0.1, 0.15) is 27.2 Å². The normalized spacial score (nSPS) is 11.4. The van der Waals surface area contributed by atoms with Crippen molar-refractivity contribution < 1.29 is 9.90 Å². The zero-order valence-corrected chi connectivity index (χ0v) is 9.73. The Morgan fingerprint density at radius 3 is 1.93 bits per heavy atom. The second-order valence-electron chi connectivity index (χ2n) is 2.69. The van der Waals surface area contributed by atoms with Gasteiger partial charge in [0, 0.05) is 13.1 Å². The first-order valence-corrected chi connectivity index (χ1v) is 4.55. The first-order valence-electron chi connectivity index (χ1n) is 4.55. The number of hydrogen-bond acceptors (Lipinski definition) is 3. The third-order valence-electron chi connectivity index (χ3n) is 2.03. The van der Waals surface area contributed by atoms with Crippen LogP contribution in [0.4, 0.5) is 0 Å². The zero-order chi connectivity index (χ0) is 10.4. The van der Waals surface area contributed by atoms with Crippen molar-refractivity contribution in [3.8, 4) is 0 Å². The molecule has 0 aliphatic heterocycles. The summed E-state index contributed by atoms with van der Waals surface area (Å²) in [5.41, 5.74) is 6.01. The minimum atomic E-state index is -0.924. The molecule has 0 atom stereocenters. The van der Waals surface area contributed by atoms with Gasteiger partial charge in [-0.3, -0.25) is 0 Å². The van der Waals surface area contributed by atoms with Crippen LogP contribution in [0.3, 0.4) is 0 Å². The molecule has 0 fully saturated rings. The lowest BCUT2D eigenvalue weighted by molar-refractivity contribution is -0.132. The van der Waals surface area contributed by atoms with E-state index in [1.165, 1.54) is 0 Å². The van der Waals surface area contributed by atoms with Crippen molar-refractivity contribution >= 4 is 18.4 Å². The second kappa shape index (κ2) is 7.50. The number of carboxylic acid groups (broad SMARTS) is 1. The van der Waals surface area contributed by atoms with Crippen molar-refractivity contribution in [1.82, 2.24) is 4.90 Å². The Morgan fingerprint density at radius 2 is 1.71 bits per heavy atom. The molecule has 0 saturated heterocycles. The van der Waals surface area contributed by atoms with E-state index in [4.69, 9.17) is 10.8 Å². The summed E-state index contributed by atoms with van der Waals surface area (Å²) in [5, 5.41) is 8.82. The molecular weight excluding hydrogens is 204 g/mol. The van der Waals surface area contributed by atoms with E-state index < -0.39 is 5.97 Å². The van der Waals surface area contributed by atoms with Gasteiger partial charge in [-0.05, 0) is 20.3 Å². The molecule has 0 aromatic heterocycles. The summed E-state index contributed by atoms with van der Waals surface area (Å²) in [6.07, 6.45) is 0.456. The lowest BCUT2D eigenvalue weighted by Gasteiger charge is -2.22. The average Bonchev–Trinajstić information content (AvgIpc) is 2.07. The van der Waals surface area contributed by atoms with Crippen LogP contribution in [0, 0.1) is 0 Å². The number of hydrogen-bond donors (Lipinski definition) is 2. The highest BCUT2D eigenvalue weighted by molar-refractivity contribution is 5.87. The molecular formula is C9H19ClN2O2. The predicted octanol–water partition coefficient (Wildman–Crippen LogP) is 1.41. The Kier molecular flexibility index (Phi) is 8.34. The van der Waals surface area contributed by atoms with Gasteiger partial charge in [0.15, 0.2) is 0 Å². The van der Waals surface area contributed by atoms with Crippen LogP contribution in [-0.4, -0.2) is 29.1 Å². The molecule has 0 aliphatic carbocycles. The molecule has 0 amide bonds. The van der Waals surface area contributed by atoms with Crippen LogP contribution in [0.25, 0.3) is 0 Å². The summed E-state index contributed by atoms with van der Waals surface area (Å²) in [7, 11) is 0. The number of halogens is 1. The van der Waals surface area contributed by atoms with E-state index in [2.05, 4.69) is 0 Å². The van der Waals surface area contributed by atoms with Gasteiger partial charge in [-0.25, -0.2) is 4.79 Å². The van der Waals surface area contributed by atoms with Gasteiger partial charge in [0.05, 0.1) is 5.57 Å². The molecule has 0 aromatic rings. The van der Waals surface area contributed by atoms with Gasteiger partial charge in [0.1, 0.15) is 5.82 Å². The van der Waals surface area contributed by atoms with E-state index in [1.807, 2.05) is 18.7 Å². The van der Waals surface area contributed by atoms with Crippen LogP contribution >= 0.6 is 12.4 Å². The van der Waals surface area contributed by atoms with Crippen LogP contribution in [-0.2, 0) is 4.79 Å². The summed E-state index contributed by atoms with van der Waals surface area (Å²) >= 11 is 0. The Morgan fingerprint density at radius 1 is 1.29 bits per heavy atom. The van der Waals surface area contributed by atoms with Crippen molar-refractivity contribution in [3.63, 3.8) is 0 Å². The molecule has 14 heavy (non-hydrogen) atoms. The Bertz CT molecular complexity index is 213. The maximum Gasteiger partial charge on any atom is 0.335 e. The van der Waals surface area contributed by atoms with Gasteiger partial charge in [0.25, 0.3) is 0 Å². The summed E-state index contributed by atoms with van der Waals surface area (Å²) in [6, 6.07) is 0. The number of carboxylic acids is 1. The van der Waals surface area contributed by atoms with Gasteiger partial charge in [-0.2, -0.15) is 0 Å². The van der Waals surface area contributed by atoms with Gasteiger partial charge in [-0.15, -0.1) is 12.4 Å². The summed E-state index contributed by atoms with van der Waals surface area (Å²) in [6.45, 7) is 7.16. The fourth-order valence-electron chi connectivity index (χ4n) is 1.20. The van der Waals surface area contributed by atoms with Crippen molar-refractivity contribution in [2.45, 2.75) is 27.2 Å². The maximum atomic E-state index is 10.7. The molecule has 0 unspecified atom stereocenters. The minimum Gasteiger partial charge on any atom is -0.478 e. The Balaban J connectivity index is 0. The number of nitrogens with two attached hydrogens (primary N) is 1. The first kappa shape index (κ1) is 15.6. The molecule has 0 aliphatic rings. The SMILES string of the molecule is CCC(C(=O)O)=C(N)N(CC)CC.Cl. The molecule has 0 heterocycles. The van der Waals surface area contributed by atoms with Crippen LogP contribution < -0.4 is 5.73 Å². The fourth-order valence-corrected chi connectivity index (χ4v) is 1.20. The molecule has 0 spiro atoms. The van der Waals surface area contributed by atoms with E-state index in [9.17, 15) is 4.79 Å². The standard InChI is InChI=1S/C9H18N2O2.ClH/c1-4-7(9(12)13)8(10)11(5-2)6-3;/h4-6,10H2,1-3H3,(H,12,13);1H. The predicted molar refractivity (Wildman–Crippen MR) is 59.3 cm³/mol. The number of rotatable bonds is 5. The molecule has 0 bridgehead atoms. The average molecular weight is 223 g/mol. The van der Waals surface area contributed by atoms with Crippen molar-refractivity contribution in [2.75, 3.05) is 13.1 Å². The van der Waals surface area contributed by atoms with E-state index in [0.717, 1.165) is 13.1 Å². The van der Waals surface area contributed by atoms with E-state index >= 15 is 0 Å². The minimum absolute atomic E-state index is 0. The van der Waals surface area contributed by atoms with Gasteiger partial charge < -0.3 is 15.7 Å². The van der Waals surface area contributed by atoms with Crippen LogP contribution in [0.2, 0.25) is 0 Å². The highest BCUT2D eigenvalue weighted by Gasteiger charge is 2.13. The molecule has 84 valence electrons. The van der Waals surface area contributed by atoms with E-state index in [1.54, 1.807) is 6.92 Å². The summed E-state index contributed by atoms with van der Waals surface area (Å²) in [4.78, 5) is 12.6. The van der Waals surface area contributed by atoms with Gasteiger partial charge >= 0.3 is 5.97 Å². The zero-order valence-electron chi connectivity index (χ0n) is 8.91. The quantitative estimate of drug-likeness (QED) is 0.691. The van der Waals surface area contributed by atoms with Crippen molar-refractivity contribution in [3.05, 3.63) is 11.4 Å². The highest BCUT2D eigenvalue weighted by Crippen LogP contribution is 2.08. The molecule has 0 aromatic carbocycles. The molecule has 0 rings (SSSR count). The monoisotopic (exact) mass is 222 g/mol. The molecule has 4 nitrogen and oxygen atoms in total. The first-order chi connectivity index (χ1) is 6.08. The van der Waals surface area contributed by atoms with Gasteiger partial charge in [-0.1, -0.05) is 6.92 Å². The molecule has 5 heteroatoms. The lowest BCUT2D eigenvalue weighted by atomic mass is 10.2. The number of nitrogens with zero attached hydrogens (tertiary/aromatic N) is 1. The Labute approximate surface area is 91.2 Å². The van der Waals surface area contributed by atoms with Crippen molar-refractivity contribution in [2.24, 2.45) is 5.73 Å². The highest BCUT2D eigenvalue weighted by atomic mass is 35.5. The second-order valence-corrected chi connectivity index (χ2v) is 2.69. The maximum absolute atomic E-state index is 10.7. The third-order valence-corrected chi connectivity index (χ3v) is 2.03. The smallest absolute Gasteiger partial charge is 0.335 e. The summed E-state index contributed by atoms with van der Waals surface area (Å²) < 4.78 is 0. The van der Waals surface area contributed by atoms with E-state index in [0.29, 0.717) is 17.8 Å². The number of carbonyl (C=O) groups is 1.